The highest BCUT2D eigenvalue weighted by Gasteiger charge is 1.92. The predicted octanol–water partition coefficient (Wildman–Crippen LogP) is 2.86. The van der Waals surface area contributed by atoms with Gasteiger partial charge in [0.15, 0.2) is 0 Å². The molecule has 0 radical (unpaired) electrons. The zero-order valence-electron chi connectivity index (χ0n) is 8.12. The predicted molar refractivity (Wildman–Crippen MR) is 61.6 cm³/mol. The average molecular weight is 211 g/mol. The molecule has 0 bridgehead atoms. The monoisotopic (exact) mass is 210 g/mol. The Morgan fingerprint density at radius 1 is 1.21 bits per heavy atom. The van der Waals surface area contributed by atoms with Crippen molar-refractivity contribution >= 4 is 17.7 Å². The second-order valence-corrected chi connectivity index (χ2v) is 3.43. The van der Waals surface area contributed by atoms with Gasteiger partial charge in [-0.05, 0) is 24.0 Å². The van der Waals surface area contributed by atoms with E-state index < -0.39 is 0 Å². The maximum Gasteiger partial charge on any atom is 0.0434 e. The van der Waals surface area contributed by atoms with Crippen molar-refractivity contribution in [3.63, 3.8) is 0 Å². The highest BCUT2D eigenvalue weighted by Crippen LogP contribution is 2.08. The number of benzene rings is 1. The number of hydrogen-bond acceptors (Lipinski definition) is 1. The van der Waals surface area contributed by atoms with Crippen molar-refractivity contribution in [2.24, 2.45) is 0 Å². The number of alkyl halides is 1. The molecule has 0 fully saturated rings. The normalized spacial score (nSPS) is 11.0. The summed E-state index contributed by atoms with van der Waals surface area (Å²) in [5.41, 5.74) is 2.43. The lowest BCUT2D eigenvalue weighted by atomic mass is 10.1. The van der Waals surface area contributed by atoms with Crippen molar-refractivity contribution in [2.75, 3.05) is 12.5 Å². The van der Waals surface area contributed by atoms with E-state index in [0.717, 1.165) is 12.8 Å². The van der Waals surface area contributed by atoms with Crippen LogP contribution >= 0.6 is 11.6 Å². The Bertz CT molecular complexity index is 277. The Morgan fingerprint density at radius 2 is 1.93 bits per heavy atom. The summed E-state index contributed by atoms with van der Waals surface area (Å²) in [5, 5.41) is 8.67. The number of halogens is 1. The van der Waals surface area contributed by atoms with Gasteiger partial charge in [-0.25, -0.2) is 0 Å². The molecule has 0 amide bonds. The fourth-order valence-electron chi connectivity index (χ4n) is 1.26. The van der Waals surface area contributed by atoms with E-state index in [1.807, 2.05) is 12.2 Å². The van der Waals surface area contributed by atoms with Crippen molar-refractivity contribution < 1.29 is 5.11 Å². The molecule has 0 atom stereocenters. The Balaban J connectivity index is 2.54. The number of rotatable bonds is 5. The molecular weight excluding hydrogens is 196 g/mol. The lowest BCUT2D eigenvalue weighted by molar-refractivity contribution is 0.288. The highest BCUT2D eigenvalue weighted by atomic mass is 35.5. The summed E-state index contributed by atoms with van der Waals surface area (Å²) >= 11 is 5.54. The van der Waals surface area contributed by atoms with E-state index in [9.17, 15) is 0 Å². The van der Waals surface area contributed by atoms with Gasteiger partial charge < -0.3 is 5.11 Å². The van der Waals surface area contributed by atoms with Gasteiger partial charge in [0.25, 0.3) is 0 Å². The van der Waals surface area contributed by atoms with Crippen LogP contribution in [0.2, 0.25) is 0 Å². The molecule has 1 rings (SSSR count). The van der Waals surface area contributed by atoms with E-state index in [1.54, 1.807) is 0 Å². The molecule has 0 unspecified atom stereocenters. The van der Waals surface area contributed by atoms with Gasteiger partial charge in [-0.3, -0.25) is 0 Å². The first-order valence-corrected chi connectivity index (χ1v) is 5.32. The van der Waals surface area contributed by atoms with Crippen LogP contribution in [0.3, 0.4) is 0 Å². The molecule has 0 heterocycles. The van der Waals surface area contributed by atoms with Crippen molar-refractivity contribution in [1.29, 1.82) is 0 Å². The summed E-state index contributed by atoms with van der Waals surface area (Å²) in [6.45, 7) is 0.258. The first kappa shape index (κ1) is 11.3. The lowest BCUT2D eigenvalue weighted by Gasteiger charge is -1.99. The van der Waals surface area contributed by atoms with Crippen molar-refractivity contribution in [1.82, 2.24) is 0 Å². The molecule has 0 aromatic heterocycles. The molecule has 0 saturated heterocycles. The van der Waals surface area contributed by atoms with Crippen LogP contribution in [0.15, 0.2) is 30.3 Å². The summed E-state index contributed by atoms with van der Waals surface area (Å²) in [4.78, 5) is 0. The molecular formula is C12H15ClO. The van der Waals surface area contributed by atoms with Gasteiger partial charge in [0.2, 0.25) is 0 Å². The second kappa shape index (κ2) is 6.63. The molecule has 1 aromatic carbocycles. The van der Waals surface area contributed by atoms with Gasteiger partial charge in [-0.15, -0.1) is 11.6 Å². The van der Waals surface area contributed by atoms with Crippen LogP contribution in [0.4, 0.5) is 0 Å². The Labute approximate surface area is 90.0 Å². The Hall–Kier alpha value is -0.790. The SMILES string of the molecule is OCCCc1ccc(C=CCCl)cc1. The minimum absolute atomic E-state index is 0.258. The van der Waals surface area contributed by atoms with E-state index in [0.29, 0.717) is 5.88 Å². The minimum atomic E-state index is 0.258. The first-order chi connectivity index (χ1) is 6.86. The molecule has 2 heteroatoms. The number of hydrogen-bond donors (Lipinski definition) is 1. The van der Waals surface area contributed by atoms with E-state index in [-0.39, 0.29) is 6.61 Å². The summed E-state index contributed by atoms with van der Waals surface area (Å²) in [6.07, 6.45) is 5.69. The third-order valence-corrected chi connectivity index (χ3v) is 2.18. The zero-order chi connectivity index (χ0) is 10.2. The maximum atomic E-state index is 8.67. The average Bonchev–Trinajstić information content (AvgIpc) is 2.25. The molecule has 0 spiro atoms. The fourth-order valence-corrected chi connectivity index (χ4v) is 1.35. The largest absolute Gasteiger partial charge is 0.396 e. The molecule has 0 saturated carbocycles. The summed E-state index contributed by atoms with van der Waals surface area (Å²) in [6, 6.07) is 8.30. The molecule has 1 N–H and O–H groups in total. The van der Waals surface area contributed by atoms with Crippen molar-refractivity contribution in [3.05, 3.63) is 41.5 Å². The molecule has 0 aliphatic carbocycles. The van der Waals surface area contributed by atoms with Gasteiger partial charge in [0, 0.05) is 12.5 Å². The Kier molecular flexibility index (Phi) is 5.35. The summed E-state index contributed by atoms with van der Waals surface area (Å²) < 4.78 is 0. The number of aliphatic hydroxyl groups is 1. The second-order valence-electron chi connectivity index (χ2n) is 3.13. The summed E-state index contributed by atoms with van der Waals surface area (Å²) in [5.74, 6) is 0.548. The first-order valence-electron chi connectivity index (χ1n) is 4.79. The lowest BCUT2D eigenvalue weighted by Crippen LogP contribution is -1.88. The van der Waals surface area contributed by atoms with Gasteiger partial charge in [-0.2, -0.15) is 0 Å². The van der Waals surface area contributed by atoms with Crippen LogP contribution < -0.4 is 0 Å². The fraction of sp³-hybridized carbons (Fsp3) is 0.333. The van der Waals surface area contributed by atoms with Crippen molar-refractivity contribution in [3.8, 4) is 0 Å². The van der Waals surface area contributed by atoms with Crippen LogP contribution in [0.5, 0.6) is 0 Å². The zero-order valence-corrected chi connectivity index (χ0v) is 8.87. The molecule has 0 aliphatic heterocycles. The molecule has 1 aromatic rings. The molecule has 76 valence electrons. The van der Waals surface area contributed by atoms with Crippen LogP contribution in [-0.2, 0) is 6.42 Å². The van der Waals surface area contributed by atoms with E-state index in [1.165, 1.54) is 11.1 Å². The number of aliphatic hydroxyl groups excluding tert-OH is 1. The minimum Gasteiger partial charge on any atom is -0.396 e. The summed E-state index contributed by atoms with van der Waals surface area (Å²) in [7, 11) is 0. The van der Waals surface area contributed by atoms with E-state index >= 15 is 0 Å². The molecule has 14 heavy (non-hydrogen) atoms. The van der Waals surface area contributed by atoms with Gasteiger partial charge in [-0.1, -0.05) is 36.4 Å². The van der Waals surface area contributed by atoms with Gasteiger partial charge in [0.05, 0.1) is 0 Å². The van der Waals surface area contributed by atoms with Crippen LogP contribution in [0, 0.1) is 0 Å². The van der Waals surface area contributed by atoms with Gasteiger partial charge in [0.1, 0.15) is 0 Å². The van der Waals surface area contributed by atoms with Crippen LogP contribution in [0.1, 0.15) is 17.5 Å². The highest BCUT2D eigenvalue weighted by molar-refractivity contribution is 6.19. The third kappa shape index (κ3) is 3.95. The van der Waals surface area contributed by atoms with E-state index in [2.05, 4.69) is 24.3 Å². The quantitative estimate of drug-likeness (QED) is 0.742. The Morgan fingerprint density at radius 3 is 2.50 bits per heavy atom. The number of allylic oxidation sites excluding steroid dienone is 1. The number of aryl methyl sites for hydroxylation is 1. The maximum absolute atomic E-state index is 8.67. The topological polar surface area (TPSA) is 20.2 Å². The third-order valence-electron chi connectivity index (χ3n) is 2.00. The van der Waals surface area contributed by atoms with E-state index in [4.69, 9.17) is 16.7 Å². The van der Waals surface area contributed by atoms with Crippen molar-refractivity contribution in [2.45, 2.75) is 12.8 Å². The molecule has 1 nitrogen and oxygen atoms in total. The van der Waals surface area contributed by atoms with Crippen LogP contribution in [-0.4, -0.2) is 17.6 Å². The standard InChI is InChI=1S/C12H15ClO/c13-9-1-3-11-5-7-12(8-6-11)4-2-10-14/h1,3,5-8,14H,2,4,9-10H2. The van der Waals surface area contributed by atoms with Gasteiger partial charge >= 0.3 is 0 Å². The smallest absolute Gasteiger partial charge is 0.0434 e. The van der Waals surface area contributed by atoms with Crippen LogP contribution in [0.25, 0.3) is 6.08 Å². The molecule has 0 aliphatic rings.